The van der Waals surface area contributed by atoms with E-state index in [1.54, 1.807) is 13.3 Å². The van der Waals surface area contributed by atoms with Crippen LogP contribution in [0.4, 0.5) is 0 Å². The first-order chi connectivity index (χ1) is 15.2. The molecule has 31 heavy (non-hydrogen) atoms. The normalized spacial score (nSPS) is 17.2. The molecule has 0 spiro atoms. The first kappa shape index (κ1) is 19.7. The highest BCUT2D eigenvalue weighted by Crippen LogP contribution is 2.28. The summed E-state index contributed by atoms with van der Waals surface area (Å²) < 4.78 is 13.3. The van der Waals surface area contributed by atoms with Gasteiger partial charge in [-0.3, -0.25) is 4.90 Å². The minimum atomic E-state index is -0.126. The molecular weight excluding hydrogens is 390 g/mol. The Labute approximate surface area is 181 Å². The van der Waals surface area contributed by atoms with Gasteiger partial charge in [0.15, 0.2) is 0 Å². The molecule has 1 aliphatic rings. The average Bonchev–Trinajstić information content (AvgIpc) is 3.23. The van der Waals surface area contributed by atoms with Gasteiger partial charge in [0.2, 0.25) is 5.88 Å². The lowest BCUT2D eigenvalue weighted by Gasteiger charge is -2.32. The molecule has 7 heteroatoms. The summed E-state index contributed by atoms with van der Waals surface area (Å²) in [6.07, 6.45) is 3.65. The summed E-state index contributed by atoms with van der Waals surface area (Å²) in [5, 5.41) is 8.84. The van der Waals surface area contributed by atoms with Crippen molar-refractivity contribution in [3.8, 4) is 17.0 Å². The summed E-state index contributed by atoms with van der Waals surface area (Å²) in [6.45, 7) is 5.09. The van der Waals surface area contributed by atoms with E-state index < -0.39 is 0 Å². The summed E-state index contributed by atoms with van der Waals surface area (Å²) >= 11 is 0. The van der Waals surface area contributed by atoms with Crippen LogP contribution < -0.4 is 4.74 Å². The van der Waals surface area contributed by atoms with Gasteiger partial charge in [0.25, 0.3) is 0 Å². The van der Waals surface area contributed by atoms with Crippen molar-refractivity contribution in [2.45, 2.75) is 19.6 Å². The lowest BCUT2D eigenvalue weighted by molar-refractivity contribution is -0.0345. The maximum Gasteiger partial charge on any atom is 0.217 e. The van der Waals surface area contributed by atoms with E-state index in [0.717, 1.165) is 47.5 Å². The van der Waals surface area contributed by atoms with Gasteiger partial charge in [0.1, 0.15) is 11.8 Å². The highest BCUT2D eigenvalue weighted by atomic mass is 16.5. The fraction of sp³-hybridized carbons (Fsp3) is 0.292. The molecule has 0 radical (unpaired) electrons. The quantitative estimate of drug-likeness (QED) is 0.495. The zero-order chi connectivity index (χ0) is 21.2. The molecule has 5 rings (SSSR count). The first-order valence-electron chi connectivity index (χ1n) is 10.4. The molecule has 1 atom stereocenters. The van der Waals surface area contributed by atoms with Crippen LogP contribution in [-0.4, -0.2) is 51.5 Å². The third-order valence-corrected chi connectivity index (χ3v) is 5.72. The largest absolute Gasteiger partial charge is 0.481 e. The van der Waals surface area contributed by atoms with Crippen molar-refractivity contribution in [1.82, 2.24) is 24.7 Å². The fourth-order valence-electron chi connectivity index (χ4n) is 4.04. The monoisotopic (exact) mass is 415 g/mol. The Hall–Kier alpha value is -3.29. The first-order valence-corrected chi connectivity index (χ1v) is 10.4. The second-order valence-corrected chi connectivity index (χ2v) is 7.85. The van der Waals surface area contributed by atoms with Crippen molar-refractivity contribution in [3.05, 3.63) is 77.7 Å². The molecule has 0 amide bonds. The molecule has 1 fully saturated rings. The Balaban J connectivity index is 1.37. The molecule has 0 N–H and O–H groups in total. The van der Waals surface area contributed by atoms with Crippen molar-refractivity contribution in [2.75, 3.05) is 26.8 Å². The van der Waals surface area contributed by atoms with Crippen LogP contribution in [0.25, 0.3) is 16.6 Å². The van der Waals surface area contributed by atoms with E-state index in [9.17, 15) is 0 Å². The van der Waals surface area contributed by atoms with Crippen LogP contribution in [0.5, 0.6) is 5.88 Å². The van der Waals surface area contributed by atoms with E-state index in [1.165, 1.54) is 5.56 Å². The molecule has 4 heterocycles. The molecule has 0 bridgehead atoms. The van der Waals surface area contributed by atoms with Crippen molar-refractivity contribution >= 4 is 5.52 Å². The van der Waals surface area contributed by atoms with Gasteiger partial charge < -0.3 is 9.47 Å². The van der Waals surface area contributed by atoms with Crippen molar-refractivity contribution in [3.63, 3.8) is 0 Å². The van der Waals surface area contributed by atoms with Gasteiger partial charge in [-0.2, -0.15) is 0 Å². The molecule has 0 unspecified atom stereocenters. The van der Waals surface area contributed by atoms with Crippen LogP contribution in [0, 0.1) is 6.92 Å². The molecule has 1 saturated heterocycles. The van der Waals surface area contributed by atoms with Crippen LogP contribution >= 0.6 is 0 Å². The summed E-state index contributed by atoms with van der Waals surface area (Å²) in [4.78, 5) is 6.65. The zero-order valence-corrected chi connectivity index (χ0v) is 17.7. The van der Waals surface area contributed by atoms with E-state index in [0.29, 0.717) is 12.5 Å². The van der Waals surface area contributed by atoms with Gasteiger partial charge in [-0.1, -0.05) is 47.2 Å². The molecule has 3 aromatic heterocycles. The van der Waals surface area contributed by atoms with E-state index >= 15 is 0 Å². The standard InChI is InChI=1S/C24H25N5O2/c1-17-5-7-18(8-6-17)19-9-10-21-23(26-27-29(21)15-19)22-16-28(12-13-31-22)14-20-4-3-11-25-24(20)30-2/h3-11,15,22H,12-14,16H2,1-2H3/t22-/m0/s1. The lowest BCUT2D eigenvalue weighted by atomic mass is 10.1. The highest BCUT2D eigenvalue weighted by molar-refractivity contribution is 5.66. The number of methoxy groups -OCH3 is 1. The van der Waals surface area contributed by atoms with Gasteiger partial charge in [0, 0.05) is 43.2 Å². The van der Waals surface area contributed by atoms with E-state index in [-0.39, 0.29) is 6.10 Å². The summed E-state index contributed by atoms with van der Waals surface area (Å²) in [7, 11) is 1.65. The molecule has 1 aromatic carbocycles. The summed E-state index contributed by atoms with van der Waals surface area (Å²) in [6, 6.07) is 16.7. The number of aryl methyl sites for hydroxylation is 1. The van der Waals surface area contributed by atoms with Crippen LogP contribution in [0.2, 0.25) is 0 Å². The third kappa shape index (κ3) is 4.02. The number of hydrogen-bond acceptors (Lipinski definition) is 6. The van der Waals surface area contributed by atoms with Crippen LogP contribution in [0.1, 0.15) is 22.9 Å². The molecule has 4 aromatic rings. The smallest absolute Gasteiger partial charge is 0.217 e. The predicted octanol–water partition coefficient (Wildman–Crippen LogP) is 3.68. The van der Waals surface area contributed by atoms with Gasteiger partial charge in [-0.25, -0.2) is 9.50 Å². The Kier molecular flexibility index (Phi) is 5.36. The number of pyridine rings is 2. The summed E-state index contributed by atoms with van der Waals surface area (Å²) in [5.41, 5.74) is 6.44. The lowest BCUT2D eigenvalue weighted by Crippen LogP contribution is -2.38. The molecule has 7 nitrogen and oxygen atoms in total. The van der Waals surface area contributed by atoms with E-state index in [1.807, 2.05) is 16.8 Å². The van der Waals surface area contributed by atoms with E-state index in [2.05, 4.69) is 69.6 Å². The Morgan fingerprint density at radius 2 is 1.94 bits per heavy atom. The molecule has 158 valence electrons. The summed E-state index contributed by atoms with van der Waals surface area (Å²) in [5.74, 6) is 0.670. The Morgan fingerprint density at radius 3 is 2.77 bits per heavy atom. The minimum Gasteiger partial charge on any atom is -0.481 e. The topological polar surface area (TPSA) is 64.8 Å². The SMILES string of the molecule is COc1ncccc1CN1CCO[C@H](c2nnn3cc(-c4ccc(C)cc4)ccc23)C1. The van der Waals surface area contributed by atoms with Crippen molar-refractivity contribution in [2.24, 2.45) is 0 Å². The number of ether oxygens (including phenoxy) is 2. The number of hydrogen-bond donors (Lipinski definition) is 0. The number of morpholine rings is 1. The second kappa shape index (κ2) is 8.45. The van der Waals surface area contributed by atoms with Crippen LogP contribution in [0.3, 0.4) is 0 Å². The average molecular weight is 415 g/mol. The maximum absolute atomic E-state index is 6.08. The van der Waals surface area contributed by atoms with Gasteiger partial charge >= 0.3 is 0 Å². The maximum atomic E-state index is 6.08. The number of nitrogens with zero attached hydrogens (tertiary/aromatic N) is 5. The number of rotatable bonds is 5. The van der Waals surface area contributed by atoms with Gasteiger partial charge in [-0.05, 0) is 24.6 Å². The molecular formula is C24H25N5O2. The van der Waals surface area contributed by atoms with Crippen molar-refractivity contribution < 1.29 is 9.47 Å². The minimum absolute atomic E-state index is 0.126. The number of fused-ring (bicyclic) bond motifs is 1. The van der Waals surface area contributed by atoms with Crippen LogP contribution in [-0.2, 0) is 11.3 Å². The van der Waals surface area contributed by atoms with Gasteiger partial charge in [0.05, 0.1) is 19.2 Å². The van der Waals surface area contributed by atoms with Gasteiger partial charge in [-0.15, -0.1) is 5.10 Å². The van der Waals surface area contributed by atoms with Crippen LogP contribution in [0.15, 0.2) is 60.9 Å². The molecule has 0 saturated carbocycles. The zero-order valence-electron chi connectivity index (χ0n) is 17.7. The number of aromatic nitrogens is 4. The third-order valence-electron chi connectivity index (χ3n) is 5.72. The Bertz CT molecular complexity index is 1190. The predicted molar refractivity (Wildman–Crippen MR) is 118 cm³/mol. The number of benzene rings is 1. The second-order valence-electron chi connectivity index (χ2n) is 7.85. The molecule has 0 aliphatic carbocycles. The fourth-order valence-corrected chi connectivity index (χ4v) is 4.04. The Morgan fingerprint density at radius 1 is 1.10 bits per heavy atom. The van der Waals surface area contributed by atoms with Crippen molar-refractivity contribution in [1.29, 1.82) is 0 Å². The highest BCUT2D eigenvalue weighted by Gasteiger charge is 2.27. The van der Waals surface area contributed by atoms with E-state index in [4.69, 9.17) is 9.47 Å². The molecule has 1 aliphatic heterocycles.